The number of amides is 1. The SMILES string of the molecule is Cc1n[nH]c(C)c1S(=O)(=O)N1CCCN(C(=O)c2cc(C(F)(F)F)cc(C(F)(F)F)c2)CC1. The largest absolute Gasteiger partial charge is 0.416 e. The van der Waals surface area contributed by atoms with Crippen LogP contribution in [0.2, 0.25) is 0 Å². The molecule has 2 aromatic rings. The van der Waals surface area contributed by atoms with Gasteiger partial charge < -0.3 is 4.90 Å². The van der Waals surface area contributed by atoms with Gasteiger partial charge in [-0.1, -0.05) is 0 Å². The smallest absolute Gasteiger partial charge is 0.337 e. The summed E-state index contributed by atoms with van der Waals surface area (Å²) >= 11 is 0. The maximum absolute atomic E-state index is 13.1. The van der Waals surface area contributed by atoms with Crippen molar-refractivity contribution in [2.75, 3.05) is 26.2 Å². The molecule has 2 heterocycles. The van der Waals surface area contributed by atoms with Crippen molar-refractivity contribution in [3.05, 3.63) is 46.3 Å². The Morgan fingerprint density at radius 3 is 2.00 bits per heavy atom. The minimum absolute atomic E-state index is 0.00465. The van der Waals surface area contributed by atoms with E-state index in [0.717, 1.165) is 9.21 Å². The van der Waals surface area contributed by atoms with E-state index in [-0.39, 0.29) is 49.3 Å². The zero-order valence-corrected chi connectivity index (χ0v) is 18.3. The first-order valence-electron chi connectivity index (χ1n) is 9.73. The van der Waals surface area contributed by atoms with Crippen LogP contribution in [0.25, 0.3) is 0 Å². The predicted octanol–water partition coefficient (Wildman–Crippen LogP) is 3.60. The Bertz CT molecular complexity index is 1110. The number of aryl methyl sites for hydroxylation is 2. The number of carbonyl (C=O) groups excluding carboxylic acids is 1. The molecule has 1 aliphatic rings. The molecule has 0 unspecified atom stereocenters. The summed E-state index contributed by atoms with van der Waals surface area (Å²) in [6, 6.07) is 0.688. The normalized spacial score (nSPS) is 16.7. The molecule has 1 aliphatic heterocycles. The van der Waals surface area contributed by atoms with E-state index in [4.69, 9.17) is 0 Å². The lowest BCUT2D eigenvalue weighted by molar-refractivity contribution is -0.143. The number of aromatic amines is 1. The highest BCUT2D eigenvalue weighted by Crippen LogP contribution is 2.36. The molecule has 0 radical (unpaired) electrons. The second kappa shape index (κ2) is 8.63. The maximum Gasteiger partial charge on any atom is 0.416 e. The highest BCUT2D eigenvalue weighted by Gasteiger charge is 2.38. The van der Waals surface area contributed by atoms with Gasteiger partial charge in [0.05, 0.1) is 22.5 Å². The highest BCUT2D eigenvalue weighted by atomic mass is 32.2. The lowest BCUT2D eigenvalue weighted by atomic mass is 10.0. The molecule has 1 aromatic heterocycles. The number of nitrogens with zero attached hydrogens (tertiary/aromatic N) is 3. The Morgan fingerprint density at radius 2 is 1.52 bits per heavy atom. The summed E-state index contributed by atoms with van der Waals surface area (Å²) in [5.74, 6) is -1.04. The van der Waals surface area contributed by atoms with Crippen molar-refractivity contribution < 1.29 is 39.6 Å². The predicted molar refractivity (Wildman–Crippen MR) is 104 cm³/mol. The second-order valence-electron chi connectivity index (χ2n) is 7.61. The molecule has 0 spiro atoms. The second-order valence-corrected chi connectivity index (χ2v) is 9.48. The van der Waals surface area contributed by atoms with E-state index in [1.807, 2.05) is 0 Å². The van der Waals surface area contributed by atoms with Gasteiger partial charge in [0.1, 0.15) is 4.90 Å². The standard InChI is InChI=1S/C19H20F6N4O3S/c1-11-16(12(2)27-26-11)33(31,32)29-5-3-4-28(6-7-29)17(30)13-8-14(18(20,21)22)10-15(9-13)19(23,24)25/h8-10H,3-7H2,1-2H3,(H,26,27). The van der Waals surface area contributed by atoms with Gasteiger partial charge in [-0.05, 0) is 38.5 Å². The summed E-state index contributed by atoms with van der Waals surface area (Å²) < 4.78 is 106. The molecule has 1 N–H and O–H groups in total. The summed E-state index contributed by atoms with van der Waals surface area (Å²) in [4.78, 5) is 13.9. The monoisotopic (exact) mass is 498 g/mol. The molecule has 7 nitrogen and oxygen atoms in total. The fraction of sp³-hybridized carbons (Fsp3) is 0.474. The van der Waals surface area contributed by atoms with Crippen molar-refractivity contribution in [3.8, 4) is 0 Å². The Labute approximate surface area is 185 Å². The number of aromatic nitrogens is 2. The molecule has 33 heavy (non-hydrogen) atoms. The summed E-state index contributed by atoms with van der Waals surface area (Å²) in [6.07, 6.45) is -10.0. The summed E-state index contributed by atoms with van der Waals surface area (Å²) in [5.41, 5.74) is -3.37. The topological polar surface area (TPSA) is 86.4 Å². The van der Waals surface area contributed by atoms with Gasteiger partial charge in [-0.25, -0.2) is 8.42 Å². The van der Waals surface area contributed by atoms with Crippen molar-refractivity contribution in [2.24, 2.45) is 0 Å². The summed E-state index contributed by atoms with van der Waals surface area (Å²) in [6.45, 7) is 2.65. The van der Waals surface area contributed by atoms with Crippen molar-refractivity contribution in [1.29, 1.82) is 0 Å². The number of halogens is 6. The first-order chi connectivity index (χ1) is 15.1. The van der Waals surface area contributed by atoms with Gasteiger partial charge in [0.25, 0.3) is 5.91 Å². The van der Waals surface area contributed by atoms with E-state index in [2.05, 4.69) is 10.2 Å². The van der Waals surface area contributed by atoms with Crippen LogP contribution in [-0.2, 0) is 22.4 Å². The molecule has 182 valence electrons. The van der Waals surface area contributed by atoms with Crippen molar-refractivity contribution in [3.63, 3.8) is 0 Å². The Morgan fingerprint density at radius 1 is 0.939 bits per heavy atom. The fourth-order valence-electron chi connectivity index (χ4n) is 3.65. The minimum atomic E-state index is -5.08. The number of benzene rings is 1. The minimum Gasteiger partial charge on any atom is -0.337 e. The average molecular weight is 498 g/mol. The third kappa shape index (κ3) is 5.16. The fourth-order valence-corrected chi connectivity index (χ4v) is 5.45. The van der Waals surface area contributed by atoms with Crippen LogP contribution < -0.4 is 0 Å². The van der Waals surface area contributed by atoms with Crippen LogP contribution in [0, 0.1) is 13.8 Å². The molecule has 1 amide bonds. The van der Waals surface area contributed by atoms with Gasteiger partial charge in [0, 0.05) is 31.7 Å². The number of nitrogens with one attached hydrogen (secondary N) is 1. The van der Waals surface area contributed by atoms with Gasteiger partial charge in [0.15, 0.2) is 0 Å². The molecule has 0 aliphatic carbocycles. The average Bonchev–Trinajstić information content (AvgIpc) is 2.91. The lowest BCUT2D eigenvalue weighted by Gasteiger charge is -2.23. The number of H-pyrrole nitrogens is 1. The van der Waals surface area contributed by atoms with Crippen LogP contribution in [0.5, 0.6) is 0 Å². The first kappa shape index (κ1) is 25.0. The van der Waals surface area contributed by atoms with Crippen LogP contribution in [-0.4, -0.2) is 59.9 Å². The lowest BCUT2D eigenvalue weighted by Crippen LogP contribution is -2.37. The molecule has 0 saturated carbocycles. The Balaban J connectivity index is 1.87. The van der Waals surface area contributed by atoms with Crippen LogP contribution >= 0.6 is 0 Å². The maximum atomic E-state index is 13.1. The van der Waals surface area contributed by atoms with Gasteiger partial charge in [0.2, 0.25) is 10.0 Å². The van der Waals surface area contributed by atoms with Crippen LogP contribution in [0.1, 0.15) is 39.3 Å². The number of carbonyl (C=O) groups is 1. The van der Waals surface area contributed by atoms with E-state index in [0.29, 0.717) is 17.8 Å². The van der Waals surface area contributed by atoms with Crippen molar-refractivity contribution in [2.45, 2.75) is 37.5 Å². The molecule has 3 rings (SSSR count). The summed E-state index contributed by atoms with van der Waals surface area (Å²) in [7, 11) is -3.97. The zero-order valence-electron chi connectivity index (χ0n) is 17.5. The molecular weight excluding hydrogens is 478 g/mol. The van der Waals surface area contributed by atoms with Crippen molar-refractivity contribution in [1.82, 2.24) is 19.4 Å². The molecule has 1 saturated heterocycles. The quantitative estimate of drug-likeness (QED) is 0.656. The Kier molecular flexibility index (Phi) is 6.54. The molecular formula is C19H20F6N4O3S. The van der Waals surface area contributed by atoms with Gasteiger partial charge in [-0.15, -0.1) is 0 Å². The van der Waals surface area contributed by atoms with Gasteiger partial charge in [-0.2, -0.15) is 35.7 Å². The van der Waals surface area contributed by atoms with Crippen LogP contribution in [0.3, 0.4) is 0 Å². The van der Waals surface area contributed by atoms with Crippen LogP contribution in [0.15, 0.2) is 23.1 Å². The third-order valence-electron chi connectivity index (χ3n) is 5.24. The number of hydrogen-bond donors (Lipinski definition) is 1. The molecule has 1 fully saturated rings. The molecule has 14 heteroatoms. The van der Waals surface area contributed by atoms with E-state index in [1.54, 1.807) is 0 Å². The zero-order chi connectivity index (χ0) is 24.8. The van der Waals surface area contributed by atoms with Crippen molar-refractivity contribution >= 4 is 15.9 Å². The third-order valence-corrected chi connectivity index (χ3v) is 7.40. The summed E-state index contributed by atoms with van der Waals surface area (Å²) in [5, 5.41) is 6.44. The highest BCUT2D eigenvalue weighted by molar-refractivity contribution is 7.89. The van der Waals surface area contributed by atoms with E-state index < -0.39 is 45.0 Å². The molecule has 0 atom stereocenters. The van der Waals surface area contributed by atoms with Gasteiger partial charge >= 0.3 is 12.4 Å². The number of hydrogen-bond acceptors (Lipinski definition) is 4. The Hall–Kier alpha value is -2.61. The number of rotatable bonds is 3. The molecule has 1 aromatic carbocycles. The van der Waals surface area contributed by atoms with E-state index in [9.17, 15) is 39.6 Å². The van der Waals surface area contributed by atoms with Gasteiger partial charge in [-0.3, -0.25) is 9.89 Å². The number of sulfonamides is 1. The van der Waals surface area contributed by atoms with Crippen LogP contribution in [0.4, 0.5) is 26.3 Å². The van der Waals surface area contributed by atoms with E-state index in [1.165, 1.54) is 13.8 Å². The molecule has 0 bridgehead atoms. The first-order valence-corrected chi connectivity index (χ1v) is 11.2. The van der Waals surface area contributed by atoms with E-state index >= 15 is 0 Å². The number of alkyl halides is 6.